The van der Waals surface area contributed by atoms with Crippen molar-refractivity contribution in [3.63, 3.8) is 0 Å². The van der Waals surface area contributed by atoms with Gasteiger partial charge in [-0.05, 0) is 43.2 Å². The van der Waals surface area contributed by atoms with Gasteiger partial charge < -0.3 is 5.32 Å². The predicted octanol–water partition coefficient (Wildman–Crippen LogP) is 1.64. The molecule has 0 radical (unpaired) electrons. The number of hydrogen-bond acceptors (Lipinski definition) is 4. The van der Waals surface area contributed by atoms with E-state index in [0.29, 0.717) is 32.0 Å². The Morgan fingerprint density at radius 3 is 3.05 bits per heavy atom. The Balaban J connectivity index is 1.54. The molecule has 0 bridgehead atoms. The molecule has 1 aromatic heterocycles. The van der Waals surface area contributed by atoms with Gasteiger partial charge in [-0.1, -0.05) is 6.92 Å². The van der Waals surface area contributed by atoms with Crippen LogP contribution in [0.5, 0.6) is 0 Å². The summed E-state index contributed by atoms with van der Waals surface area (Å²) in [5, 5.41) is 2.85. The van der Waals surface area contributed by atoms with Gasteiger partial charge in [-0.15, -0.1) is 11.3 Å². The Bertz CT molecular complexity index is 666. The summed E-state index contributed by atoms with van der Waals surface area (Å²) in [6, 6.07) is 2.01. The molecular weight excluding hydrogens is 320 g/mol. The minimum atomic E-state index is -3.07. The highest BCUT2D eigenvalue weighted by Crippen LogP contribution is 2.32. The van der Waals surface area contributed by atoms with Crippen molar-refractivity contribution in [2.24, 2.45) is 5.92 Å². The number of sulfonamides is 1. The van der Waals surface area contributed by atoms with Crippen molar-refractivity contribution in [3.8, 4) is 0 Å². The van der Waals surface area contributed by atoms with Crippen molar-refractivity contribution in [2.45, 2.75) is 32.6 Å². The molecule has 0 spiro atoms. The summed E-state index contributed by atoms with van der Waals surface area (Å²) in [5.41, 5.74) is 1.32. The number of amides is 1. The van der Waals surface area contributed by atoms with Gasteiger partial charge in [-0.3, -0.25) is 4.79 Å². The molecule has 5 nitrogen and oxygen atoms in total. The van der Waals surface area contributed by atoms with Gasteiger partial charge in [-0.2, -0.15) is 0 Å². The van der Waals surface area contributed by atoms with Crippen LogP contribution in [0.2, 0.25) is 0 Å². The summed E-state index contributed by atoms with van der Waals surface area (Å²) in [7, 11) is -3.07. The molecular formula is C15H22N2O3S2. The molecule has 1 aromatic rings. The van der Waals surface area contributed by atoms with Crippen LogP contribution < -0.4 is 5.32 Å². The summed E-state index contributed by atoms with van der Waals surface area (Å²) in [5.74, 6) is 0.846. The molecule has 0 saturated carbocycles. The van der Waals surface area contributed by atoms with Crippen molar-refractivity contribution in [1.29, 1.82) is 0 Å². The molecule has 22 heavy (non-hydrogen) atoms. The third-order valence-corrected chi connectivity index (χ3v) is 7.60. The van der Waals surface area contributed by atoms with Crippen molar-refractivity contribution in [2.75, 3.05) is 25.4 Å². The summed E-state index contributed by atoms with van der Waals surface area (Å²) in [6.45, 7) is 3.56. The molecule has 3 rings (SSSR count). The van der Waals surface area contributed by atoms with Gasteiger partial charge in [0, 0.05) is 24.5 Å². The Kier molecular flexibility index (Phi) is 4.56. The Hall–Kier alpha value is -0.920. The van der Waals surface area contributed by atoms with Gasteiger partial charge in [-0.25, -0.2) is 12.7 Å². The monoisotopic (exact) mass is 342 g/mol. The lowest BCUT2D eigenvalue weighted by atomic mass is 9.90. The van der Waals surface area contributed by atoms with E-state index in [2.05, 4.69) is 12.2 Å². The molecule has 1 amide bonds. The van der Waals surface area contributed by atoms with E-state index in [4.69, 9.17) is 0 Å². The highest BCUT2D eigenvalue weighted by Gasteiger charge is 2.27. The van der Waals surface area contributed by atoms with E-state index in [1.54, 1.807) is 11.3 Å². The van der Waals surface area contributed by atoms with E-state index in [0.717, 1.165) is 17.7 Å². The third-order valence-electron chi connectivity index (χ3n) is 4.40. The molecule has 1 fully saturated rings. The maximum Gasteiger partial charge on any atom is 0.261 e. The molecule has 1 aliphatic heterocycles. The second kappa shape index (κ2) is 6.29. The molecule has 1 unspecified atom stereocenters. The van der Waals surface area contributed by atoms with E-state index >= 15 is 0 Å². The fourth-order valence-electron chi connectivity index (χ4n) is 3.14. The van der Waals surface area contributed by atoms with Crippen molar-refractivity contribution in [3.05, 3.63) is 21.4 Å². The normalized spacial score (nSPS) is 24.1. The molecule has 2 heterocycles. The second-order valence-electron chi connectivity index (χ2n) is 6.23. The summed E-state index contributed by atoms with van der Waals surface area (Å²) in [4.78, 5) is 14.3. The zero-order chi connectivity index (χ0) is 15.7. The van der Waals surface area contributed by atoms with E-state index in [1.165, 1.54) is 21.2 Å². The topological polar surface area (TPSA) is 66.5 Å². The fraction of sp³-hybridized carbons (Fsp3) is 0.667. The SMILES string of the molecule is CC1CCc2sc(C(=O)NCCN3CCCS3(=O)=O)cc2C1. The van der Waals surface area contributed by atoms with Crippen molar-refractivity contribution >= 4 is 27.3 Å². The molecule has 7 heteroatoms. The van der Waals surface area contributed by atoms with Crippen molar-refractivity contribution in [1.82, 2.24) is 9.62 Å². The van der Waals surface area contributed by atoms with E-state index < -0.39 is 10.0 Å². The van der Waals surface area contributed by atoms with Crippen LogP contribution in [0, 0.1) is 5.92 Å². The average Bonchev–Trinajstić information content (AvgIpc) is 3.01. The van der Waals surface area contributed by atoms with Gasteiger partial charge in [0.2, 0.25) is 10.0 Å². The molecule has 122 valence electrons. The smallest absolute Gasteiger partial charge is 0.261 e. The zero-order valence-electron chi connectivity index (χ0n) is 12.8. The minimum Gasteiger partial charge on any atom is -0.350 e. The van der Waals surface area contributed by atoms with Gasteiger partial charge in [0.1, 0.15) is 0 Å². The quantitative estimate of drug-likeness (QED) is 0.904. The van der Waals surface area contributed by atoms with Crippen LogP contribution in [0.25, 0.3) is 0 Å². The van der Waals surface area contributed by atoms with Gasteiger partial charge in [0.05, 0.1) is 10.6 Å². The number of carbonyl (C=O) groups excluding carboxylic acids is 1. The Labute approximate surface area is 135 Å². The maximum absolute atomic E-state index is 12.2. The number of nitrogens with zero attached hydrogens (tertiary/aromatic N) is 1. The number of fused-ring (bicyclic) bond motifs is 1. The van der Waals surface area contributed by atoms with Crippen molar-refractivity contribution < 1.29 is 13.2 Å². The number of rotatable bonds is 4. The van der Waals surface area contributed by atoms with Gasteiger partial charge >= 0.3 is 0 Å². The number of hydrogen-bond donors (Lipinski definition) is 1. The standard InChI is InChI=1S/C15H22N2O3S2/c1-11-3-4-13-12(9-11)10-14(21-13)15(18)16-5-7-17-6-2-8-22(17,19)20/h10-11H,2-9H2,1H3,(H,16,18). The van der Waals surface area contributed by atoms with Crippen LogP contribution in [0.4, 0.5) is 0 Å². The summed E-state index contributed by atoms with van der Waals surface area (Å²) < 4.78 is 24.8. The number of carbonyl (C=O) groups is 1. The number of aryl methyl sites for hydroxylation is 1. The molecule has 0 aromatic carbocycles. The summed E-state index contributed by atoms with van der Waals surface area (Å²) in [6.07, 6.45) is 4.01. The minimum absolute atomic E-state index is 0.0800. The lowest BCUT2D eigenvalue weighted by Gasteiger charge is -2.16. The van der Waals surface area contributed by atoms with Crippen LogP contribution in [-0.4, -0.2) is 44.0 Å². The maximum atomic E-state index is 12.2. The first-order chi connectivity index (χ1) is 10.5. The lowest BCUT2D eigenvalue weighted by Crippen LogP contribution is -2.35. The zero-order valence-corrected chi connectivity index (χ0v) is 14.4. The molecule has 2 aliphatic rings. The van der Waals surface area contributed by atoms with Gasteiger partial charge in [0.15, 0.2) is 0 Å². The van der Waals surface area contributed by atoms with Crippen LogP contribution in [0.15, 0.2) is 6.07 Å². The first-order valence-electron chi connectivity index (χ1n) is 7.83. The van der Waals surface area contributed by atoms with E-state index in [-0.39, 0.29) is 11.7 Å². The van der Waals surface area contributed by atoms with E-state index in [1.807, 2.05) is 6.07 Å². The van der Waals surface area contributed by atoms with E-state index in [9.17, 15) is 13.2 Å². The first-order valence-corrected chi connectivity index (χ1v) is 10.3. The molecule has 1 saturated heterocycles. The highest BCUT2D eigenvalue weighted by atomic mass is 32.2. The predicted molar refractivity (Wildman–Crippen MR) is 87.8 cm³/mol. The first kappa shape index (κ1) is 16.0. The van der Waals surface area contributed by atoms with Crippen LogP contribution in [-0.2, 0) is 22.9 Å². The average molecular weight is 342 g/mol. The number of nitrogens with one attached hydrogen (secondary N) is 1. The Morgan fingerprint density at radius 2 is 2.32 bits per heavy atom. The summed E-state index contributed by atoms with van der Waals surface area (Å²) >= 11 is 1.58. The highest BCUT2D eigenvalue weighted by molar-refractivity contribution is 7.89. The largest absolute Gasteiger partial charge is 0.350 e. The Morgan fingerprint density at radius 1 is 1.50 bits per heavy atom. The molecule has 1 atom stereocenters. The lowest BCUT2D eigenvalue weighted by molar-refractivity contribution is 0.0956. The molecule has 1 N–H and O–H groups in total. The fourth-order valence-corrected chi connectivity index (χ4v) is 5.79. The third kappa shape index (κ3) is 3.36. The molecule has 1 aliphatic carbocycles. The van der Waals surface area contributed by atoms with Crippen LogP contribution in [0.3, 0.4) is 0 Å². The number of thiophene rings is 1. The second-order valence-corrected chi connectivity index (χ2v) is 9.46. The van der Waals surface area contributed by atoms with Crippen LogP contribution in [0.1, 0.15) is 39.9 Å². The van der Waals surface area contributed by atoms with Crippen LogP contribution >= 0.6 is 11.3 Å². The van der Waals surface area contributed by atoms with Gasteiger partial charge in [0.25, 0.3) is 5.91 Å².